The minimum atomic E-state index is 0. The third-order valence-electron chi connectivity index (χ3n) is 2.89. The molecule has 0 saturated heterocycles. The van der Waals surface area contributed by atoms with Crippen molar-refractivity contribution in [3.63, 3.8) is 0 Å². The van der Waals surface area contributed by atoms with Gasteiger partial charge in [-0.05, 0) is 39.5 Å². The van der Waals surface area contributed by atoms with Gasteiger partial charge in [0.15, 0.2) is 5.69 Å². The van der Waals surface area contributed by atoms with Gasteiger partial charge in [-0.15, -0.1) is 0 Å². The van der Waals surface area contributed by atoms with Crippen LogP contribution in [0.2, 0.25) is 0 Å². The Morgan fingerprint density at radius 1 is 0.960 bits per heavy atom. The summed E-state index contributed by atoms with van der Waals surface area (Å²) in [5, 5.41) is 21.6. The molecular weight excluding hydrogens is 342 g/mol. The van der Waals surface area contributed by atoms with Gasteiger partial charge in [-0.1, -0.05) is 46.7 Å². The van der Waals surface area contributed by atoms with Crippen molar-refractivity contribution in [3.05, 3.63) is 66.5 Å². The first-order valence-corrected chi connectivity index (χ1v) is 6.90. The molecule has 2 aromatic carbocycles. The second kappa shape index (κ2) is 8.85. The molecule has 0 aliphatic heterocycles. The van der Waals surface area contributed by atoms with Gasteiger partial charge in [0.2, 0.25) is 0 Å². The molecule has 124 valence electrons. The molecule has 1 heterocycles. The Kier molecular flexibility index (Phi) is 6.27. The van der Waals surface area contributed by atoms with Crippen LogP contribution in [0.25, 0.3) is 11.4 Å². The lowest BCUT2D eigenvalue weighted by Crippen LogP contribution is -3.00. The molecule has 0 spiro atoms. The van der Waals surface area contributed by atoms with Gasteiger partial charge in [-0.3, -0.25) is 0 Å². The van der Waals surface area contributed by atoms with Crippen molar-refractivity contribution in [1.29, 1.82) is 0 Å². The van der Waals surface area contributed by atoms with E-state index in [-0.39, 0.29) is 18.2 Å². The van der Waals surface area contributed by atoms with Crippen molar-refractivity contribution < 1.29 is 17.2 Å². The Hall–Kier alpha value is -3.64. The van der Waals surface area contributed by atoms with Crippen molar-refractivity contribution >= 4 is 0 Å². The number of benzene rings is 2. The first-order chi connectivity index (χ1) is 11.9. The Morgan fingerprint density at radius 3 is 2.32 bits per heavy atom. The SMILES string of the molecule is N/N=N/N=NC#Cc1nn(-c2ccccc2)[n+](-c2ccccc2)n1.[Cl-]. The van der Waals surface area contributed by atoms with Gasteiger partial charge in [0.1, 0.15) is 5.69 Å². The smallest absolute Gasteiger partial charge is 0.385 e. The summed E-state index contributed by atoms with van der Waals surface area (Å²) in [7, 11) is 0. The number of aromatic nitrogens is 4. The summed E-state index contributed by atoms with van der Waals surface area (Å²) < 4.78 is 0. The largest absolute Gasteiger partial charge is 1.00 e. The molecule has 0 saturated carbocycles. The lowest BCUT2D eigenvalue weighted by Gasteiger charge is -1.98. The second-order valence-corrected chi connectivity index (χ2v) is 4.40. The van der Waals surface area contributed by atoms with Crippen LogP contribution in [0.1, 0.15) is 5.82 Å². The van der Waals surface area contributed by atoms with Crippen LogP contribution in [-0.2, 0) is 0 Å². The second-order valence-electron chi connectivity index (χ2n) is 4.40. The van der Waals surface area contributed by atoms with Crippen LogP contribution in [0.4, 0.5) is 0 Å². The molecule has 2 N–H and O–H groups in total. The highest BCUT2D eigenvalue weighted by Gasteiger charge is 2.20. The number of hydrogen-bond acceptors (Lipinski definition) is 4. The fraction of sp³-hybridized carbons (Fsp3) is 0. The van der Waals surface area contributed by atoms with E-state index in [1.807, 2.05) is 60.7 Å². The molecule has 1 aromatic heterocycles. The minimum absolute atomic E-state index is 0. The zero-order chi connectivity index (χ0) is 16.6. The monoisotopic (exact) mass is 353 g/mol. The summed E-state index contributed by atoms with van der Waals surface area (Å²) in [6.07, 6.45) is 0. The number of nitrogens with zero attached hydrogens (tertiary/aromatic N) is 8. The maximum atomic E-state index is 4.80. The molecule has 0 fully saturated rings. The molecule has 9 nitrogen and oxygen atoms in total. The highest BCUT2D eigenvalue weighted by atomic mass is 35.5. The topological polar surface area (TPSA) is 110 Å². The molecule has 0 atom stereocenters. The van der Waals surface area contributed by atoms with Gasteiger partial charge >= 0.3 is 5.82 Å². The normalized spacial score (nSPS) is 10.4. The Morgan fingerprint density at radius 2 is 1.64 bits per heavy atom. The van der Waals surface area contributed by atoms with Crippen molar-refractivity contribution in [2.24, 2.45) is 26.6 Å². The Labute approximate surface area is 149 Å². The van der Waals surface area contributed by atoms with Crippen LogP contribution in [0.5, 0.6) is 0 Å². The van der Waals surface area contributed by atoms with E-state index in [2.05, 4.69) is 42.9 Å². The molecule has 3 rings (SSSR count). The molecule has 10 heteroatoms. The third-order valence-corrected chi connectivity index (χ3v) is 2.89. The summed E-state index contributed by atoms with van der Waals surface area (Å²) in [5.41, 5.74) is 1.70. The first-order valence-electron chi connectivity index (χ1n) is 6.90. The molecule has 3 aromatic rings. The highest BCUT2D eigenvalue weighted by molar-refractivity contribution is 5.29. The summed E-state index contributed by atoms with van der Waals surface area (Å²) in [4.78, 5) is 3.30. The van der Waals surface area contributed by atoms with E-state index in [0.29, 0.717) is 0 Å². The van der Waals surface area contributed by atoms with Crippen molar-refractivity contribution in [2.45, 2.75) is 0 Å². The van der Waals surface area contributed by atoms with Crippen molar-refractivity contribution in [1.82, 2.24) is 15.0 Å². The molecule has 0 radical (unpaired) electrons. The summed E-state index contributed by atoms with van der Waals surface area (Å²) >= 11 is 0. The van der Waals surface area contributed by atoms with Gasteiger partial charge in [0, 0.05) is 15.8 Å². The van der Waals surface area contributed by atoms with Crippen LogP contribution in [-0.4, -0.2) is 15.0 Å². The van der Waals surface area contributed by atoms with E-state index in [4.69, 9.17) is 5.84 Å². The maximum Gasteiger partial charge on any atom is 0.385 e. The molecule has 0 aliphatic rings. The van der Waals surface area contributed by atoms with E-state index in [9.17, 15) is 0 Å². The lowest BCUT2D eigenvalue weighted by molar-refractivity contribution is -0.735. The van der Waals surface area contributed by atoms with E-state index in [1.165, 1.54) is 0 Å². The molecule has 0 bridgehead atoms. The summed E-state index contributed by atoms with van der Waals surface area (Å²) in [6.45, 7) is 0. The third kappa shape index (κ3) is 4.43. The predicted octanol–water partition coefficient (Wildman–Crippen LogP) is -1.45. The van der Waals surface area contributed by atoms with Crippen LogP contribution < -0.4 is 23.0 Å². The number of halogens is 1. The van der Waals surface area contributed by atoms with E-state index in [1.54, 1.807) is 9.59 Å². The molecule has 0 aliphatic carbocycles. The van der Waals surface area contributed by atoms with Crippen LogP contribution >= 0.6 is 0 Å². The first kappa shape index (κ1) is 17.7. The molecule has 0 amide bonds. The van der Waals surface area contributed by atoms with Crippen LogP contribution in [0.3, 0.4) is 0 Å². The van der Waals surface area contributed by atoms with Gasteiger partial charge in [0.05, 0.1) is 11.1 Å². The van der Waals surface area contributed by atoms with Gasteiger partial charge in [0.25, 0.3) is 0 Å². The fourth-order valence-corrected chi connectivity index (χ4v) is 1.93. The van der Waals surface area contributed by atoms with Crippen molar-refractivity contribution in [3.8, 4) is 23.3 Å². The summed E-state index contributed by atoms with van der Waals surface area (Å²) in [6, 6.07) is 21.7. The van der Waals surface area contributed by atoms with E-state index >= 15 is 0 Å². The van der Waals surface area contributed by atoms with Gasteiger partial charge in [-0.2, -0.15) is 0 Å². The van der Waals surface area contributed by atoms with E-state index < -0.39 is 0 Å². The molecular formula is C15H12ClN9. The predicted molar refractivity (Wildman–Crippen MR) is 83.7 cm³/mol. The standard InChI is InChI=1S/C15H12N9.ClH/c16-20-22-21-17-12-11-15-18-23(13-7-3-1-4-8-13)24(19-15)14-9-5-2-6-10-14;/h1-10H,(H2,16,17,22);1H/q+1;/p-1. The highest BCUT2D eigenvalue weighted by Crippen LogP contribution is 2.04. The number of rotatable bonds is 3. The Balaban J connectivity index is 0.00000225. The fourth-order valence-electron chi connectivity index (χ4n) is 1.93. The van der Waals surface area contributed by atoms with Gasteiger partial charge < -0.3 is 18.2 Å². The van der Waals surface area contributed by atoms with Crippen LogP contribution in [0.15, 0.2) is 81.4 Å². The minimum Gasteiger partial charge on any atom is -1.00 e. The van der Waals surface area contributed by atoms with Gasteiger partial charge in [-0.25, -0.2) is 0 Å². The zero-order valence-electron chi connectivity index (χ0n) is 12.8. The maximum absolute atomic E-state index is 4.80. The van der Waals surface area contributed by atoms with Crippen LogP contribution in [0, 0.1) is 12.0 Å². The Bertz CT molecular complexity index is 867. The average molecular weight is 354 g/mol. The van der Waals surface area contributed by atoms with E-state index in [0.717, 1.165) is 11.4 Å². The molecule has 0 unspecified atom stereocenters. The lowest BCUT2D eigenvalue weighted by atomic mass is 10.3. The number of nitrogens with two attached hydrogens (primary N) is 1. The average Bonchev–Trinajstić information content (AvgIpc) is 3.07. The van der Waals surface area contributed by atoms with Crippen molar-refractivity contribution in [2.75, 3.05) is 0 Å². The summed E-state index contributed by atoms with van der Waals surface area (Å²) in [5.74, 6) is 7.77. The number of tetrazole rings is 1. The molecule has 25 heavy (non-hydrogen) atoms. The number of para-hydroxylation sites is 2. The quantitative estimate of drug-likeness (QED) is 0.204. The number of hydrogen-bond donors (Lipinski definition) is 1. The zero-order valence-corrected chi connectivity index (χ0v) is 13.6.